The number of thioether (sulfide) groups is 3. The quantitative estimate of drug-likeness (QED) is 0.244. The first-order valence-corrected chi connectivity index (χ1v) is 15.2. The molecule has 0 unspecified atom stereocenters. The summed E-state index contributed by atoms with van der Waals surface area (Å²) >= 11 is 6.11. The molecule has 0 aromatic carbocycles. The first-order valence-electron chi connectivity index (χ1n) is 8.21. The molecule has 0 radical (unpaired) electrons. The summed E-state index contributed by atoms with van der Waals surface area (Å²) in [4.78, 5) is 0. The van der Waals surface area contributed by atoms with Gasteiger partial charge in [0, 0.05) is 0 Å². The molecule has 0 aliphatic rings. The van der Waals surface area contributed by atoms with Crippen molar-refractivity contribution in [3.05, 3.63) is 0 Å². The molecule has 0 aliphatic heterocycles. The van der Waals surface area contributed by atoms with Crippen molar-refractivity contribution in [2.24, 2.45) is 0 Å². The van der Waals surface area contributed by atoms with Crippen molar-refractivity contribution in [2.45, 2.75) is 63.2 Å². The third kappa shape index (κ3) is 10.9. The molecule has 0 saturated heterocycles. The summed E-state index contributed by atoms with van der Waals surface area (Å²) in [7, 11) is -0.968. The van der Waals surface area contributed by atoms with E-state index in [1.54, 1.807) is 24.2 Å². The molecule has 0 bridgehead atoms. The van der Waals surface area contributed by atoms with E-state index in [0.29, 0.717) is 0 Å². The zero-order valence-electron chi connectivity index (χ0n) is 14.2. The Morgan fingerprint density at radius 3 is 1.25 bits per heavy atom. The third-order valence-electron chi connectivity index (χ3n) is 4.23. The molecule has 0 aromatic rings. The lowest BCUT2D eigenvalue weighted by molar-refractivity contribution is 0.825. The molecule has 0 nitrogen and oxygen atoms in total. The molecule has 0 aromatic heterocycles. The summed E-state index contributed by atoms with van der Waals surface area (Å²) in [6, 6.07) is 6.43. The van der Waals surface area contributed by atoms with Gasteiger partial charge >= 0.3 is 0 Å². The van der Waals surface area contributed by atoms with E-state index >= 15 is 0 Å². The SMILES string of the molecule is CCCC[Si](CCCSC)(CCCSC)CCCSC. The van der Waals surface area contributed by atoms with E-state index in [9.17, 15) is 0 Å². The molecule has 4 heteroatoms. The summed E-state index contributed by atoms with van der Waals surface area (Å²) in [6.45, 7) is 2.37. The summed E-state index contributed by atoms with van der Waals surface area (Å²) in [5, 5.41) is 0. The lowest BCUT2D eigenvalue weighted by atomic mass is 10.4. The van der Waals surface area contributed by atoms with Gasteiger partial charge in [-0.15, -0.1) is 0 Å². The standard InChI is InChI=1S/C16H36S3Si/c1-5-6-13-20(14-7-10-17-2,15-8-11-18-3)16-9-12-19-4/h5-16H2,1-4H3. The summed E-state index contributed by atoms with van der Waals surface area (Å²) < 4.78 is 0. The highest BCUT2D eigenvalue weighted by molar-refractivity contribution is 7.98. The van der Waals surface area contributed by atoms with E-state index < -0.39 is 8.07 Å². The van der Waals surface area contributed by atoms with E-state index in [2.05, 4.69) is 25.7 Å². The van der Waals surface area contributed by atoms with E-state index in [1.807, 2.05) is 35.3 Å². The average Bonchev–Trinajstić information content (AvgIpc) is 2.46. The topological polar surface area (TPSA) is 0 Å². The van der Waals surface area contributed by atoms with Crippen LogP contribution in [0.1, 0.15) is 39.0 Å². The number of hydrogen-bond donors (Lipinski definition) is 0. The Balaban J connectivity index is 4.48. The molecule has 0 heterocycles. The lowest BCUT2D eigenvalue weighted by Crippen LogP contribution is -2.34. The van der Waals surface area contributed by atoms with Crippen molar-refractivity contribution in [1.82, 2.24) is 0 Å². The molecule has 0 saturated carbocycles. The van der Waals surface area contributed by atoms with Crippen molar-refractivity contribution in [3.63, 3.8) is 0 Å². The monoisotopic (exact) mass is 352 g/mol. The van der Waals surface area contributed by atoms with Crippen LogP contribution in [-0.2, 0) is 0 Å². The van der Waals surface area contributed by atoms with Gasteiger partial charge in [-0.1, -0.05) is 43.9 Å². The van der Waals surface area contributed by atoms with E-state index in [-0.39, 0.29) is 0 Å². The maximum Gasteiger partial charge on any atom is 0.0536 e. The Bertz CT molecular complexity index is 174. The highest BCUT2D eigenvalue weighted by atomic mass is 32.2. The molecule has 0 N–H and O–H groups in total. The van der Waals surface area contributed by atoms with E-state index in [4.69, 9.17) is 0 Å². The van der Waals surface area contributed by atoms with Crippen LogP contribution in [0.2, 0.25) is 24.2 Å². The highest BCUT2D eigenvalue weighted by Crippen LogP contribution is 2.33. The minimum atomic E-state index is -0.968. The fourth-order valence-corrected chi connectivity index (χ4v) is 10.5. The molecular weight excluding hydrogens is 316 g/mol. The van der Waals surface area contributed by atoms with Crippen molar-refractivity contribution in [1.29, 1.82) is 0 Å². The number of unbranched alkanes of at least 4 members (excludes halogenated alkanes) is 1. The van der Waals surface area contributed by atoms with Gasteiger partial charge in [-0.05, 0) is 55.3 Å². The maximum atomic E-state index is 2.37. The first-order chi connectivity index (χ1) is 9.74. The van der Waals surface area contributed by atoms with Crippen molar-refractivity contribution < 1.29 is 0 Å². The maximum absolute atomic E-state index is 2.37. The van der Waals surface area contributed by atoms with Gasteiger partial charge in [-0.3, -0.25) is 0 Å². The van der Waals surface area contributed by atoms with Gasteiger partial charge in [0.1, 0.15) is 0 Å². The van der Waals surface area contributed by atoms with Crippen LogP contribution < -0.4 is 0 Å². The van der Waals surface area contributed by atoms with Crippen LogP contribution in [0.4, 0.5) is 0 Å². The summed E-state index contributed by atoms with van der Waals surface area (Å²) in [5.41, 5.74) is 0. The van der Waals surface area contributed by atoms with Crippen LogP contribution in [0.5, 0.6) is 0 Å². The zero-order chi connectivity index (χ0) is 15.1. The Kier molecular flexibility index (Phi) is 16.1. The predicted molar refractivity (Wildman–Crippen MR) is 109 cm³/mol. The van der Waals surface area contributed by atoms with Crippen LogP contribution in [0.25, 0.3) is 0 Å². The smallest absolute Gasteiger partial charge is 0.0536 e. The van der Waals surface area contributed by atoms with Crippen LogP contribution >= 0.6 is 35.3 Å². The van der Waals surface area contributed by atoms with E-state index in [1.165, 1.54) is 49.4 Å². The number of rotatable bonds is 15. The first kappa shape index (κ1) is 21.3. The average molecular weight is 353 g/mol. The normalized spacial score (nSPS) is 12.0. The fraction of sp³-hybridized carbons (Fsp3) is 1.00. The Morgan fingerprint density at radius 2 is 0.950 bits per heavy atom. The van der Waals surface area contributed by atoms with Crippen molar-refractivity contribution in [2.75, 3.05) is 36.0 Å². The minimum Gasteiger partial charge on any atom is -0.165 e. The molecule has 20 heavy (non-hydrogen) atoms. The molecular formula is C16H36S3Si. The lowest BCUT2D eigenvalue weighted by Gasteiger charge is -2.32. The van der Waals surface area contributed by atoms with Crippen LogP contribution in [-0.4, -0.2) is 44.1 Å². The van der Waals surface area contributed by atoms with Crippen molar-refractivity contribution in [3.8, 4) is 0 Å². The Labute approximate surface area is 142 Å². The fourth-order valence-electron chi connectivity index (χ4n) is 3.08. The second-order valence-corrected chi connectivity index (χ2v) is 13.8. The van der Waals surface area contributed by atoms with Gasteiger partial charge < -0.3 is 0 Å². The summed E-state index contributed by atoms with van der Waals surface area (Å²) in [6.07, 6.45) is 14.1. The molecule has 0 spiro atoms. The zero-order valence-corrected chi connectivity index (χ0v) is 17.7. The molecule has 0 atom stereocenters. The number of hydrogen-bond acceptors (Lipinski definition) is 3. The third-order valence-corrected chi connectivity index (χ3v) is 12.0. The molecule has 0 rings (SSSR count). The molecule has 0 aliphatic carbocycles. The second kappa shape index (κ2) is 15.2. The molecule has 0 amide bonds. The molecule has 0 fully saturated rings. The van der Waals surface area contributed by atoms with Gasteiger partial charge in [0.15, 0.2) is 0 Å². The van der Waals surface area contributed by atoms with Crippen LogP contribution in [0.15, 0.2) is 0 Å². The van der Waals surface area contributed by atoms with Crippen LogP contribution in [0, 0.1) is 0 Å². The Hall–Kier alpha value is 1.27. The largest absolute Gasteiger partial charge is 0.165 e. The van der Waals surface area contributed by atoms with Gasteiger partial charge in [0.2, 0.25) is 0 Å². The molecule has 122 valence electrons. The van der Waals surface area contributed by atoms with Crippen LogP contribution in [0.3, 0.4) is 0 Å². The van der Waals surface area contributed by atoms with Gasteiger partial charge in [-0.2, -0.15) is 35.3 Å². The van der Waals surface area contributed by atoms with E-state index in [0.717, 1.165) is 0 Å². The predicted octanol–water partition coefficient (Wildman–Crippen LogP) is 6.49. The van der Waals surface area contributed by atoms with Gasteiger partial charge in [0.05, 0.1) is 8.07 Å². The Morgan fingerprint density at radius 1 is 0.600 bits per heavy atom. The minimum absolute atomic E-state index is 0.968. The van der Waals surface area contributed by atoms with Crippen molar-refractivity contribution >= 4 is 43.4 Å². The summed E-state index contributed by atoms with van der Waals surface area (Å²) in [5.74, 6) is 4.14. The highest BCUT2D eigenvalue weighted by Gasteiger charge is 2.30. The second-order valence-electron chi connectivity index (χ2n) is 5.89. The van der Waals surface area contributed by atoms with Gasteiger partial charge in [-0.25, -0.2) is 0 Å². The van der Waals surface area contributed by atoms with Gasteiger partial charge in [0.25, 0.3) is 0 Å².